The summed E-state index contributed by atoms with van der Waals surface area (Å²) < 4.78 is 7.00. The third-order valence-corrected chi connectivity index (χ3v) is 4.83. The molecule has 2 aromatic heterocycles. The lowest BCUT2D eigenvalue weighted by Crippen LogP contribution is -2.19. The van der Waals surface area contributed by atoms with Gasteiger partial charge in [0.2, 0.25) is 0 Å². The van der Waals surface area contributed by atoms with Gasteiger partial charge in [-0.1, -0.05) is 29.4 Å². The summed E-state index contributed by atoms with van der Waals surface area (Å²) >= 11 is 0. The minimum absolute atomic E-state index is 0.491. The highest BCUT2D eigenvalue weighted by Crippen LogP contribution is 2.26. The molecule has 1 aliphatic rings. The Bertz CT molecular complexity index is 793. The first-order valence-corrected chi connectivity index (χ1v) is 8.46. The minimum atomic E-state index is 0.491. The molecule has 0 N–H and O–H groups in total. The van der Waals surface area contributed by atoms with Crippen molar-refractivity contribution in [1.29, 1.82) is 0 Å². The summed E-state index contributed by atoms with van der Waals surface area (Å²) in [6.07, 6.45) is 6.95. The molecule has 0 spiro atoms. The zero-order chi connectivity index (χ0) is 16.4. The van der Waals surface area contributed by atoms with E-state index in [1.54, 1.807) is 6.26 Å². The number of benzene rings is 1. The van der Waals surface area contributed by atoms with Gasteiger partial charge in [0.25, 0.3) is 0 Å². The quantitative estimate of drug-likeness (QED) is 0.723. The molecule has 0 amide bonds. The van der Waals surface area contributed by atoms with E-state index in [0.717, 1.165) is 38.3 Å². The van der Waals surface area contributed by atoms with Gasteiger partial charge in [0.1, 0.15) is 6.26 Å². The van der Waals surface area contributed by atoms with Crippen LogP contribution in [0.5, 0.6) is 0 Å². The smallest absolute Gasteiger partial charge is 0.124 e. The van der Waals surface area contributed by atoms with Gasteiger partial charge in [-0.05, 0) is 31.0 Å². The average Bonchev–Trinajstić information content (AvgIpc) is 3.32. The molecule has 1 unspecified atom stereocenters. The Kier molecular flexibility index (Phi) is 4.17. The van der Waals surface area contributed by atoms with Crippen molar-refractivity contribution in [2.24, 2.45) is 0 Å². The number of rotatable bonds is 5. The van der Waals surface area contributed by atoms with Gasteiger partial charge in [-0.25, -0.2) is 0 Å². The second kappa shape index (κ2) is 6.61. The fraction of sp³-hybridized carbons (Fsp3) is 0.368. The van der Waals surface area contributed by atoms with Gasteiger partial charge < -0.3 is 4.52 Å². The van der Waals surface area contributed by atoms with Gasteiger partial charge in [-0.3, -0.25) is 9.58 Å². The molecular weight excluding hydrogens is 300 g/mol. The maximum atomic E-state index is 4.97. The molecule has 0 bridgehead atoms. The van der Waals surface area contributed by atoms with Crippen LogP contribution in [0.4, 0.5) is 0 Å². The number of hydrogen-bond acceptors (Lipinski definition) is 4. The van der Waals surface area contributed by atoms with Gasteiger partial charge in [0.05, 0.1) is 18.4 Å². The molecule has 1 fully saturated rings. The summed E-state index contributed by atoms with van der Waals surface area (Å²) in [4.78, 5) is 2.47. The van der Waals surface area contributed by atoms with Gasteiger partial charge >= 0.3 is 0 Å². The lowest BCUT2D eigenvalue weighted by atomic mass is 10.1. The zero-order valence-corrected chi connectivity index (χ0v) is 13.9. The summed E-state index contributed by atoms with van der Waals surface area (Å²) in [7, 11) is 0. The van der Waals surface area contributed by atoms with Crippen molar-refractivity contribution in [1.82, 2.24) is 19.8 Å². The first-order chi connectivity index (χ1) is 11.8. The van der Waals surface area contributed by atoms with Crippen LogP contribution >= 0.6 is 0 Å². The SMILES string of the molecule is Cc1ccccc1Cn1cc(CN2CCC(c3ccon3)C2)cn1. The number of hydrogen-bond donors (Lipinski definition) is 0. The third-order valence-electron chi connectivity index (χ3n) is 4.83. The van der Waals surface area contributed by atoms with E-state index in [4.69, 9.17) is 4.52 Å². The summed E-state index contributed by atoms with van der Waals surface area (Å²) in [5, 5.41) is 8.61. The molecule has 1 aliphatic heterocycles. The number of nitrogens with zero attached hydrogens (tertiary/aromatic N) is 4. The second-order valence-corrected chi connectivity index (χ2v) is 6.62. The zero-order valence-electron chi connectivity index (χ0n) is 13.9. The molecule has 124 valence electrons. The van der Waals surface area contributed by atoms with Crippen LogP contribution in [0.15, 0.2) is 53.5 Å². The predicted molar refractivity (Wildman–Crippen MR) is 91.6 cm³/mol. The Balaban J connectivity index is 1.37. The number of aromatic nitrogens is 3. The first-order valence-electron chi connectivity index (χ1n) is 8.46. The van der Waals surface area contributed by atoms with Crippen LogP contribution in [-0.4, -0.2) is 32.9 Å². The van der Waals surface area contributed by atoms with Crippen LogP contribution < -0.4 is 0 Å². The van der Waals surface area contributed by atoms with Crippen molar-refractivity contribution in [2.45, 2.75) is 32.4 Å². The number of aryl methyl sites for hydroxylation is 1. The third kappa shape index (κ3) is 3.26. The van der Waals surface area contributed by atoms with Crippen LogP contribution in [-0.2, 0) is 13.1 Å². The molecule has 0 radical (unpaired) electrons. The molecule has 0 saturated carbocycles. The lowest BCUT2D eigenvalue weighted by Gasteiger charge is -2.13. The van der Waals surface area contributed by atoms with E-state index in [-0.39, 0.29) is 0 Å². The van der Waals surface area contributed by atoms with Gasteiger partial charge in [-0.15, -0.1) is 0 Å². The minimum Gasteiger partial charge on any atom is -0.365 e. The molecule has 24 heavy (non-hydrogen) atoms. The highest BCUT2D eigenvalue weighted by molar-refractivity contribution is 5.25. The van der Waals surface area contributed by atoms with Gasteiger partial charge in [0, 0.05) is 36.8 Å². The second-order valence-electron chi connectivity index (χ2n) is 6.62. The van der Waals surface area contributed by atoms with E-state index in [0.29, 0.717) is 5.92 Å². The molecule has 1 saturated heterocycles. The van der Waals surface area contributed by atoms with Crippen molar-refractivity contribution in [3.63, 3.8) is 0 Å². The van der Waals surface area contributed by atoms with Crippen LogP contribution in [0.2, 0.25) is 0 Å². The van der Waals surface area contributed by atoms with Crippen LogP contribution in [0, 0.1) is 6.92 Å². The van der Waals surface area contributed by atoms with Crippen molar-refractivity contribution in [3.05, 3.63) is 71.4 Å². The van der Waals surface area contributed by atoms with Crippen molar-refractivity contribution < 1.29 is 4.52 Å². The summed E-state index contributed by atoms with van der Waals surface area (Å²) in [6, 6.07) is 10.5. The topological polar surface area (TPSA) is 47.1 Å². The Morgan fingerprint density at radius 2 is 2.12 bits per heavy atom. The van der Waals surface area contributed by atoms with Crippen LogP contribution in [0.3, 0.4) is 0 Å². The maximum absolute atomic E-state index is 4.97. The first kappa shape index (κ1) is 15.1. The molecule has 5 nitrogen and oxygen atoms in total. The van der Waals surface area contributed by atoms with Gasteiger partial charge in [-0.2, -0.15) is 5.10 Å². The van der Waals surface area contributed by atoms with Crippen molar-refractivity contribution in [3.8, 4) is 0 Å². The predicted octanol–water partition coefficient (Wildman–Crippen LogP) is 3.22. The normalized spacial score (nSPS) is 18.3. The monoisotopic (exact) mass is 322 g/mol. The average molecular weight is 322 g/mol. The Hall–Kier alpha value is -2.40. The molecule has 1 atom stereocenters. The van der Waals surface area contributed by atoms with Crippen molar-refractivity contribution >= 4 is 0 Å². The Morgan fingerprint density at radius 1 is 1.21 bits per heavy atom. The van der Waals surface area contributed by atoms with Crippen LogP contribution in [0.25, 0.3) is 0 Å². The maximum Gasteiger partial charge on any atom is 0.124 e. The number of likely N-dealkylation sites (tertiary alicyclic amines) is 1. The highest BCUT2D eigenvalue weighted by Gasteiger charge is 2.25. The highest BCUT2D eigenvalue weighted by atomic mass is 16.5. The van der Waals surface area contributed by atoms with E-state index >= 15 is 0 Å². The van der Waals surface area contributed by atoms with Gasteiger partial charge in [0.15, 0.2) is 0 Å². The largest absolute Gasteiger partial charge is 0.365 e. The molecule has 1 aromatic carbocycles. The molecule has 0 aliphatic carbocycles. The van der Waals surface area contributed by atoms with E-state index in [2.05, 4.69) is 52.5 Å². The van der Waals surface area contributed by atoms with E-state index in [1.165, 1.54) is 16.7 Å². The fourth-order valence-corrected chi connectivity index (χ4v) is 3.44. The van der Waals surface area contributed by atoms with E-state index in [9.17, 15) is 0 Å². The fourth-order valence-electron chi connectivity index (χ4n) is 3.44. The van der Waals surface area contributed by atoms with E-state index in [1.807, 2.05) is 16.9 Å². The molecule has 3 aromatic rings. The molecule has 3 heterocycles. The Labute approximate surface area is 141 Å². The molecular formula is C19H22N4O. The van der Waals surface area contributed by atoms with Crippen LogP contribution in [0.1, 0.15) is 34.7 Å². The Morgan fingerprint density at radius 3 is 2.96 bits per heavy atom. The van der Waals surface area contributed by atoms with Crippen molar-refractivity contribution in [2.75, 3.05) is 13.1 Å². The molecule has 4 rings (SSSR count). The summed E-state index contributed by atoms with van der Waals surface area (Å²) in [5.74, 6) is 0.491. The summed E-state index contributed by atoms with van der Waals surface area (Å²) in [5.41, 5.74) is 4.97. The molecule has 5 heteroatoms. The standard InChI is InChI=1S/C19H22N4O/c1-15-4-2-3-5-17(15)14-23-12-16(10-20-23)11-22-8-6-18(13-22)19-7-9-24-21-19/h2-5,7,9-10,12,18H,6,8,11,13-14H2,1H3. The summed E-state index contributed by atoms with van der Waals surface area (Å²) in [6.45, 7) is 6.06. The van der Waals surface area contributed by atoms with E-state index < -0.39 is 0 Å². The lowest BCUT2D eigenvalue weighted by molar-refractivity contribution is 0.324.